The van der Waals surface area contributed by atoms with Crippen molar-refractivity contribution in [1.29, 1.82) is 0 Å². The first-order valence-electron chi connectivity index (χ1n) is 4.84. The molecule has 0 bridgehead atoms. The highest BCUT2D eigenvalue weighted by Crippen LogP contribution is 2.21. The third-order valence-electron chi connectivity index (χ3n) is 2.55. The third kappa shape index (κ3) is 1.23. The molecule has 0 amide bonds. The van der Waals surface area contributed by atoms with Crippen molar-refractivity contribution >= 4 is 16.7 Å². The number of carbonyl (C=O) groups excluding carboxylic acids is 1. The molecule has 2 heteroatoms. The SMILES string of the molecule is CCC(=O)c1c[nH]c2c(C)cccc12. The lowest BCUT2D eigenvalue weighted by atomic mass is 10.1. The van der Waals surface area contributed by atoms with Gasteiger partial charge < -0.3 is 4.98 Å². The van der Waals surface area contributed by atoms with Gasteiger partial charge in [0.25, 0.3) is 0 Å². The lowest BCUT2D eigenvalue weighted by molar-refractivity contribution is 0.0990. The van der Waals surface area contributed by atoms with E-state index in [9.17, 15) is 4.79 Å². The number of hydrogen-bond donors (Lipinski definition) is 1. The van der Waals surface area contributed by atoms with E-state index in [4.69, 9.17) is 0 Å². The fourth-order valence-corrected chi connectivity index (χ4v) is 1.73. The summed E-state index contributed by atoms with van der Waals surface area (Å²) in [7, 11) is 0. The summed E-state index contributed by atoms with van der Waals surface area (Å²) in [4.78, 5) is 14.7. The molecule has 1 N–H and O–H groups in total. The zero-order valence-electron chi connectivity index (χ0n) is 8.42. The fourth-order valence-electron chi connectivity index (χ4n) is 1.73. The maximum Gasteiger partial charge on any atom is 0.164 e. The summed E-state index contributed by atoms with van der Waals surface area (Å²) in [5, 5.41) is 1.04. The highest BCUT2D eigenvalue weighted by atomic mass is 16.1. The van der Waals surface area contributed by atoms with E-state index in [1.54, 1.807) is 0 Å². The standard InChI is InChI=1S/C12H13NO/c1-3-11(14)10-7-13-12-8(2)5-4-6-9(10)12/h4-7,13H,3H2,1-2H3. The monoisotopic (exact) mass is 187 g/mol. The number of H-pyrrole nitrogens is 1. The van der Waals surface area contributed by atoms with Crippen molar-refractivity contribution in [3.05, 3.63) is 35.5 Å². The molecule has 2 aromatic rings. The molecule has 2 rings (SSSR count). The van der Waals surface area contributed by atoms with Gasteiger partial charge >= 0.3 is 0 Å². The maximum absolute atomic E-state index is 11.6. The summed E-state index contributed by atoms with van der Waals surface area (Å²) in [5.41, 5.74) is 3.06. The second kappa shape index (κ2) is 3.29. The van der Waals surface area contributed by atoms with Crippen molar-refractivity contribution in [1.82, 2.24) is 4.98 Å². The van der Waals surface area contributed by atoms with Gasteiger partial charge in [-0.05, 0) is 12.5 Å². The second-order valence-corrected chi connectivity index (χ2v) is 3.48. The molecule has 0 atom stereocenters. The van der Waals surface area contributed by atoms with Crippen LogP contribution >= 0.6 is 0 Å². The van der Waals surface area contributed by atoms with Crippen molar-refractivity contribution in [2.45, 2.75) is 20.3 Å². The van der Waals surface area contributed by atoms with E-state index >= 15 is 0 Å². The zero-order valence-corrected chi connectivity index (χ0v) is 8.42. The summed E-state index contributed by atoms with van der Waals surface area (Å²) in [6.45, 7) is 3.93. The highest BCUT2D eigenvalue weighted by molar-refractivity contribution is 6.08. The Kier molecular flexibility index (Phi) is 2.12. The number of aromatic amines is 1. The Morgan fingerprint density at radius 2 is 2.21 bits per heavy atom. The Balaban J connectivity index is 2.70. The number of para-hydroxylation sites is 1. The van der Waals surface area contributed by atoms with Crippen LogP contribution in [0.3, 0.4) is 0 Å². The molecule has 0 unspecified atom stereocenters. The molecule has 2 nitrogen and oxygen atoms in total. The van der Waals surface area contributed by atoms with Gasteiger partial charge in [0.05, 0.1) is 0 Å². The van der Waals surface area contributed by atoms with Crippen LogP contribution in [-0.2, 0) is 0 Å². The molecule has 0 aliphatic carbocycles. The smallest absolute Gasteiger partial charge is 0.164 e. The van der Waals surface area contributed by atoms with Crippen molar-refractivity contribution in [2.24, 2.45) is 0 Å². The minimum absolute atomic E-state index is 0.196. The molecule has 0 saturated carbocycles. The normalized spacial score (nSPS) is 10.7. The van der Waals surface area contributed by atoms with Crippen LogP contribution in [0.1, 0.15) is 29.3 Å². The Bertz CT molecular complexity index is 482. The molecule has 0 radical (unpaired) electrons. The minimum Gasteiger partial charge on any atom is -0.360 e. The number of nitrogens with one attached hydrogen (secondary N) is 1. The average molecular weight is 187 g/mol. The zero-order chi connectivity index (χ0) is 10.1. The summed E-state index contributed by atoms with van der Waals surface area (Å²) in [6.07, 6.45) is 2.37. The number of benzene rings is 1. The van der Waals surface area contributed by atoms with Crippen molar-refractivity contribution in [3.8, 4) is 0 Å². The van der Waals surface area contributed by atoms with E-state index in [1.165, 1.54) is 5.56 Å². The Morgan fingerprint density at radius 1 is 1.43 bits per heavy atom. The summed E-state index contributed by atoms with van der Waals surface area (Å²) in [5.74, 6) is 0.196. The molecule has 0 aliphatic heterocycles. The molecule has 72 valence electrons. The first-order valence-corrected chi connectivity index (χ1v) is 4.84. The summed E-state index contributed by atoms with van der Waals surface area (Å²) >= 11 is 0. The van der Waals surface area contributed by atoms with Crippen LogP contribution < -0.4 is 0 Å². The van der Waals surface area contributed by atoms with Crippen molar-refractivity contribution < 1.29 is 4.79 Å². The first kappa shape index (κ1) is 9.00. The third-order valence-corrected chi connectivity index (χ3v) is 2.55. The lowest BCUT2D eigenvalue weighted by Crippen LogP contribution is -1.93. The van der Waals surface area contributed by atoms with Crippen LogP contribution in [0.25, 0.3) is 10.9 Å². The van der Waals surface area contributed by atoms with Gasteiger partial charge in [-0.3, -0.25) is 4.79 Å². The molecule has 0 aliphatic rings. The van der Waals surface area contributed by atoms with Crippen LogP contribution in [0, 0.1) is 6.92 Å². The van der Waals surface area contributed by atoms with Gasteiger partial charge in [-0.1, -0.05) is 25.1 Å². The van der Waals surface area contributed by atoms with Gasteiger partial charge in [-0.15, -0.1) is 0 Å². The average Bonchev–Trinajstić information content (AvgIpc) is 2.62. The molecule has 14 heavy (non-hydrogen) atoms. The summed E-state index contributed by atoms with van der Waals surface area (Å²) < 4.78 is 0. The fraction of sp³-hybridized carbons (Fsp3) is 0.250. The molecule has 1 aromatic heterocycles. The number of Topliss-reactive ketones (excluding diaryl/α,β-unsaturated/α-hetero) is 1. The van der Waals surface area contributed by atoms with E-state index in [1.807, 2.05) is 38.2 Å². The Hall–Kier alpha value is -1.57. The van der Waals surface area contributed by atoms with E-state index in [-0.39, 0.29) is 5.78 Å². The predicted molar refractivity (Wildman–Crippen MR) is 57.7 cm³/mol. The topological polar surface area (TPSA) is 32.9 Å². The highest BCUT2D eigenvalue weighted by Gasteiger charge is 2.10. The predicted octanol–water partition coefficient (Wildman–Crippen LogP) is 3.07. The van der Waals surface area contributed by atoms with E-state index < -0.39 is 0 Å². The number of aromatic nitrogens is 1. The van der Waals surface area contributed by atoms with Gasteiger partial charge in [0.1, 0.15) is 0 Å². The Labute approximate surface area is 82.9 Å². The lowest BCUT2D eigenvalue weighted by Gasteiger charge is -1.97. The number of aryl methyl sites for hydroxylation is 1. The van der Waals surface area contributed by atoms with Gasteiger partial charge in [-0.25, -0.2) is 0 Å². The number of hydrogen-bond acceptors (Lipinski definition) is 1. The van der Waals surface area contributed by atoms with Crippen molar-refractivity contribution in [2.75, 3.05) is 0 Å². The Morgan fingerprint density at radius 3 is 2.93 bits per heavy atom. The number of rotatable bonds is 2. The molecule has 0 spiro atoms. The van der Waals surface area contributed by atoms with Crippen LogP contribution in [0.5, 0.6) is 0 Å². The largest absolute Gasteiger partial charge is 0.360 e. The minimum atomic E-state index is 0.196. The van der Waals surface area contributed by atoms with E-state index in [0.29, 0.717) is 6.42 Å². The molecule has 0 fully saturated rings. The number of ketones is 1. The molecule has 1 heterocycles. The van der Waals surface area contributed by atoms with Gasteiger partial charge in [0, 0.05) is 29.1 Å². The maximum atomic E-state index is 11.6. The molecule has 0 saturated heterocycles. The summed E-state index contributed by atoms with van der Waals surface area (Å²) in [6, 6.07) is 6.01. The van der Waals surface area contributed by atoms with Gasteiger partial charge in [0.15, 0.2) is 5.78 Å². The van der Waals surface area contributed by atoms with E-state index in [0.717, 1.165) is 16.5 Å². The first-order chi connectivity index (χ1) is 6.74. The van der Waals surface area contributed by atoms with Crippen LogP contribution in [-0.4, -0.2) is 10.8 Å². The molecular weight excluding hydrogens is 174 g/mol. The molecule has 1 aromatic carbocycles. The van der Waals surface area contributed by atoms with Crippen molar-refractivity contribution in [3.63, 3.8) is 0 Å². The second-order valence-electron chi connectivity index (χ2n) is 3.48. The van der Waals surface area contributed by atoms with Crippen LogP contribution in [0.2, 0.25) is 0 Å². The van der Waals surface area contributed by atoms with Gasteiger partial charge in [-0.2, -0.15) is 0 Å². The van der Waals surface area contributed by atoms with Gasteiger partial charge in [0.2, 0.25) is 0 Å². The van der Waals surface area contributed by atoms with Crippen LogP contribution in [0.15, 0.2) is 24.4 Å². The molecular formula is C12H13NO. The number of carbonyl (C=O) groups is 1. The quantitative estimate of drug-likeness (QED) is 0.720. The number of fused-ring (bicyclic) bond motifs is 1. The van der Waals surface area contributed by atoms with Crippen LogP contribution in [0.4, 0.5) is 0 Å². The van der Waals surface area contributed by atoms with E-state index in [2.05, 4.69) is 4.98 Å².